The van der Waals surface area contributed by atoms with Crippen molar-refractivity contribution in [2.24, 2.45) is 0 Å². The highest BCUT2D eigenvalue weighted by Gasteiger charge is 2.25. The number of hydrogen-bond acceptors (Lipinski definition) is 3. The molecule has 1 amide bonds. The summed E-state index contributed by atoms with van der Waals surface area (Å²) in [5, 5.41) is 0.586. The molecule has 0 atom stereocenters. The van der Waals surface area contributed by atoms with E-state index >= 15 is 0 Å². The summed E-state index contributed by atoms with van der Waals surface area (Å²) in [4.78, 5) is 13.8. The van der Waals surface area contributed by atoms with Crippen molar-refractivity contribution in [2.45, 2.75) is 13.3 Å². The molecule has 4 nitrogen and oxygen atoms in total. The van der Waals surface area contributed by atoms with Crippen LogP contribution >= 0.6 is 11.6 Å². The predicted molar refractivity (Wildman–Crippen MR) is 90.6 cm³/mol. The number of hydrogen-bond donors (Lipinski definition) is 0. The Bertz CT molecular complexity index is 700. The van der Waals surface area contributed by atoms with E-state index in [1.54, 1.807) is 23.1 Å². The molecule has 0 spiro atoms. The van der Waals surface area contributed by atoms with Gasteiger partial charge in [-0.25, -0.2) is 0 Å². The largest absolute Gasteiger partial charge is 0.494 e. The Labute approximate surface area is 140 Å². The minimum atomic E-state index is -0.0601. The van der Waals surface area contributed by atoms with E-state index < -0.39 is 0 Å². The van der Waals surface area contributed by atoms with Crippen LogP contribution in [0.15, 0.2) is 42.5 Å². The molecule has 0 saturated heterocycles. The first-order valence-electron chi connectivity index (χ1n) is 7.56. The van der Waals surface area contributed by atoms with Gasteiger partial charge in [-0.05, 0) is 43.7 Å². The fourth-order valence-electron chi connectivity index (χ4n) is 2.47. The SMILES string of the molecule is Cc1ccc(OCCCN2C(=O)COc3ccc(Cl)cc32)cc1. The molecule has 0 saturated carbocycles. The molecule has 2 aromatic rings. The number of carbonyl (C=O) groups excluding carboxylic acids is 1. The maximum Gasteiger partial charge on any atom is 0.265 e. The van der Waals surface area contributed by atoms with Gasteiger partial charge in [-0.1, -0.05) is 29.3 Å². The molecule has 0 unspecified atom stereocenters. The van der Waals surface area contributed by atoms with Crippen LogP contribution in [-0.4, -0.2) is 25.7 Å². The van der Waals surface area contributed by atoms with E-state index in [-0.39, 0.29) is 12.5 Å². The van der Waals surface area contributed by atoms with Gasteiger partial charge >= 0.3 is 0 Å². The van der Waals surface area contributed by atoms with Crippen LogP contribution in [0, 0.1) is 6.92 Å². The molecular weight excluding hydrogens is 314 g/mol. The minimum absolute atomic E-state index is 0.0601. The lowest BCUT2D eigenvalue weighted by molar-refractivity contribution is -0.121. The number of amides is 1. The van der Waals surface area contributed by atoms with Crippen molar-refractivity contribution in [3.05, 3.63) is 53.1 Å². The first-order chi connectivity index (χ1) is 11.1. The van der Waals surface area contributed by atoms with Gasteiger partial charge < -0.3 is 14.4 Å². The van der Waals surface area contributed by atoms with E-state index in [9.17, 15) is 4.79 Å². The molecular formula is C18H18ClNO3. The van der Waals surface area contributed by atoms with E-state index in [2.05, 4.69) is 0 Å². The highest BCUT2D eigenvalue weighted by atomic mass is 35.5. The number of nitrogens with zero attached hydrogens (tertiary/aromatic N) is 1. The summed E-state index contributed by atoms with van der Waals surface area (Å²) in [6.07, 6.45) is 0.728. The summed E-state index contributed by atoms with van der Waals surface area (Å²) in [5.41, 5.74) is 1.92. The fourth-order valence-corrected chi connectivity index (χ4v) is 2.63. The summed E-state index contributed by atoms with van der Waals surface area (Å²) in [6.45, 7) is 3.22. The Morgan fingerprint density at radius 3 is 2.78 bits per heavy atom. The number of ether oxygens (including phenoxy) is 2. The van der Waals surface area contributed by atoms with Crippen molar-refractivity contribution >= 4 is 23.2 Å². The lowest BCUT2D eigenvalue weighted by Gasteiger charge is -2.29. The van der Waals surface area contributed by atoms with Crippen LogP contribution in [0.2, 0.25) is 5.02 Å². The lowest BCUT2D eigenvalue weighted by atomic mass is 10.2. The zero-order valence-corrected chi connectivity index (χ0v) is 13.7. The van der Waals surface area contributed by atoms with Crippen LogP contribution in [0.4, 0.5) is 5.69 Å². The molecule has 0 aromatic heterocycles. The highest BCUT2D eigenvalue weighted by Crippen LogP contribution is 2.34. The zero-order chi connectivity index (χ0) is 16.2. The fraction of sp³-hybridized carbons (Fsp3) is 0.278. The van der Waals surface area contributed by atoms with Crippen molar-refractivity contribution in [3.8, 4) is 11.5 Å². The van der Waals surface area contributed by atoms with Gasteiger partial charge in [0.2, 0.25) is 0 Å². The molecule has 0 bridgehead atoms. The van der Waals surface area contributed by atoms with Gasteiger partial charge in [0.05, 0.1) is 12.3 Å². The van der Waals surface area contributed by atoms with Gasteiger partial charge in [-0.15, -0.1) is 0 Å². The summed E-state index contributed by atoms with van der Waals surface area (Å²) >= 11 is 6.03. The molecule has 1 aliphatic heterocycles. The Hall–Kier alpha value is -2.20. The first-order valence-corrected chi connectivity index (χ1v) is 7.93. The van der Waals surface area contributed by atoms with Gasteiger partial charge in [0.1, 0.15) is 11.5 Å². The molecule has 1 heterocycles. The average Bonchev–Trinajstić information content (AvgIpc) is 2.55. The topological polar surface area (TPSA) is 38.8 Å². The maximum absolute atomic E-state index is 12.1. The molecule has 1 aliphatic rings. The Balaban J connectivity index is 1.58. The van der Waals surface area contributed by atoms with Gasteiger partial charge in [0.15, 0.2) is 6.61 Å². The van der Waals surface area contributed by atoms with Crippen molar-refractivity contribution in [1.82, 2.24) is 0 Å². The standard InChI is InChI=1S/C18H18ClNO3/c1-13-3-6-15(7-4-13)22-10-2-9-20-16-11-14(19)5-8-17(16)23-12-18(20)21/h3-8,11H,2,9-10,12H2,1H3. The van der Waals surface area contributed by atoms with Crippen molar-refractivity contribution < 1.29 is 14.3 Å². The molecule has 5 heteroatoms. The molecule has 0 aliphatic carbocycles. The predicted octanol–water partition coefficient (Wildman–Crippen LogP) is 3.84. The summed E-state index contributed by atoms with van der Waals surface area (Å²) in [6, 6.07) is 13.2. The van der Waals surface area contributed by atoms with Gasteiger partial charge in [-0.3, -0.25) is 4.79 Å². The number of halogens is 1. The van der Waals surface area contributed by atoms with Crippen LogP contribution in [0.25, 0.3) is 0 Å². The van der Waals surface area contributed by atoms with E-state index in [0.29, 0.717) is 23.9 Å². The first kappa shape index (κ1) is 15.7. The van der Waals surface area contributed by atoms with E-state index in [1.807, 2.05) is 31.2 Å². The minimum Gasteiger partial charge on any atom is -0.494 e. The molecule has 0 fully saturated rings. The third kappa shape index (κ3) is 3.77. The van der Waals surface area contributed by atoms with Gasteiger partial charge in [0, 0.05) is 11.6 Å². The van der Waals surface area contributed by atoms with Crippen molar-refractivity contribution in [3.63, 3.8) is 0 Å². The smallest absolute Gasteiger partial charge is 0.265 e. The Kier molecular flexibility index (Phi) is 4.72. The zero-order valence-electron chi connectivity index (χ0n) is 12.9. The van der Waals surface area contributed by atoms with Crippen molar-refractivity contribution in [2.75, 3.05) is 24.7 Å². The number of fused-ring (bicyclic) bond motifs is 1. The molecule has 2 aromatic carbocycles. The Morgan fingerprint density at radius 1 is 1.22 bits per heavy atom. The monoisotopic (exact) mass is 331 g/mol. The molecule has 0 radical (unpaired) electrons. The van der Waals surface area contributed by atoms with Gasteiger partial charge in [-0.2, -0.15) is 0 Å². The van der Waals surface area contributed by atoms with Crippen LogP contribution in [-0.2, 0) is 4.79 Å². The van der Waals surface area contributed by atoms with E-state index in [4.69, 9.17) is 21.1 Å². The number of anilines is 1. The number of rotatable bonds is 5. The summed E-state index contributed by atoms with van der Waals surface area (Å²) in [5.74, 6) is 1.47. The van der Waals surface area contributed by atoms with Crippen LogP contribution in [0.3, 0.4) is 0 Å². The Morgan fingerprint density at radius 2 is 2.00 bits per heavy atom. The third-order valence-electron chi connectivity index (χ3n) is 3.68. The van der Waals surface area contributed by atoms with Crippen LogP contribution in [0.5, 0.6) is 11.5 Å². The molecule has 0 N–H and O–H groups in total. The summed E-state index contributed by atoms with van der Waals surface area (Å²) < 4.78 is 11.1. The van der Waals surface area contributed by atoms with E-state index in [0.717, 1.165) is 17.9 Å². The van der Waals surface area contributed by atoms with E-state index in [1.165, 1.54) is 5.56 Å². The quantitative estimate of drug-likeness (QED) is 0.781. The third-order valence-corrected chi connectivity index (χ3v) is 3.91. The number of aryl methyl sites for hydroxylation is 1. The second kappa shape index (κ2) is 6.92. The highest BCUT2D eigenvalue weighted by molar-refractivity contribution is 6.31. The molecule has 120 valence electrons. The average molecular weight is 332 g/mol. The lowest BCUT2D eigenvalue weighted by Crippen LogP contribution is -2.39. The van der Waals surface area contributed by atoms with Crippen molar-refractivity contribution in [1.29, 1.82) is 0 Å². The number of carbonyl (C=O) groups is 1. The number of benzene rings is 2. The van der Waals surface area contributed by atoms with Crippen LogP contribution < -0.4 is 14.4 Å². The second-order valence-electron chi connectivity index (χ2n) is 5.46. The normalized spacial score (nSPS) is 13.5. The van der Waals surface area contributed by atoms with Gasteiger partial charge in [0.25, 0.3) is 5.91 Å². The maximum atomic E-state index is 12.1. The molecule has 23 heavy (non-hydrogen) atoms. The van der Waals surface area contributed by atoms with Crippen LogP contribution in [0.1, 0.15) is 12.0 Å². The summed E-state index contributed by atoms with van der Waals surface area (Å²) in [7, 11) is 0. The second-order valence-corrected chi connectivity index (χ2v) is 5.90. The molecule has 3 rings (SSSR count).